The minimum absolute atomic E-state index is 0.665. The lowest BCUT2D eigenvalue weighted by molar-refractivity contribution is 0.106. The molecule has 0 N–H and O–H groups in total. The predicted octanol–water partition coefficient (Wildman–Crippen LogP) is 6.34. The maximum atomic E-state index is 2.60. The zero-order valence-corrected chi connectivity index (χ0v) is 12.8. The summed E-state index contributed by atoms with van der Waals surface area (Å²) in [6.07, 6.45) is 19.6. The first-order valence-electron chi connectivity index (χ1n) is 8.74. The minimum atomic E-state index is 0.665. The lowest BCUT2D eigenvalue weighted by Crippen LogP contribution is -2.29. The smallest absolute Gasteiger partial charge is 0.0300 e. The van der Waals surface area contributed by atoms with Crippen molar-refractivity contribution in [3.63, 3.8) is 0 Å². The normalized spacial score (nSPS) is 27.0. The summed E-state index contributed by atoms with van der Waals surface area (Å²) in [5.74, 6) is 2.12. The third-order valence-electron chi connectivity index (χ3n) is 6.25. The third-order valence-corrected chi connectivity index (χ3v) is 6.25. The van der Waals surface area contributed by atoms with Crippen molar-refractivity contribution in [2.75, 3.05) is 0 Å². The van der Waals surface area contributed by atoms with Crippen LogP contribution in [0.3, 0.4) is 0 Å². The van der Waals surface area contributed by atoms with Crippen LogP contribution in [0.4, 0.5) is 0 Å². The van der Waals surface area contributed by atoms with Gasteiger partial charge in [0.2, 0.25) is 0 Å². The molecule has 0 heterocycles. The number of hydrogen-bond donors (Lipinski definition) is 0. The van der Waals surface area contributed by atoms with E-state index in [-0.39, 0.29) is 0 Å². The van der Waals surface area contributed by atoms with Gasteiger partial charge in [0.25, 0.3) is 0 Å². The largest absolute Gasteiger partial charge is 0.0649 e. The van der Waals surface area contributed by atoms with E-state index in [1.54, 1.807) is 0 Å². The zero-order valence-electron chi connectivity index (χ0n) is 12.8. The molecule has 18 heavy (non-hydrogen) atoms. The molecule has 1 unspecified atom stereocenters. The summed E-state index contributed by atoms with van der Waals surface area (Å²) in [7, 11) is 0. The van der Waals surface area contributed by atoms with Crippen molar-refractivity contribution in [2.24, 2.45) is 17.3 Å². The summed E-state index contributed by atoms with van der Waals surface area (Å²) in [4.78, 5) is 0. The lowest BCUT2D eigenvalue weighted by Gasteiger charge is -2.40. The van der Waals surface area contributed by atoms with Crippen molar-refractivity contribution >= 4 is 0 Å². The molecular formula is C18H34. The van der Waals surface area contributed by atoms with Gasteiger partial charge in [-0.15, -0.1) is 0 Å². The van der Waals surface area contributed by atoms with Crippen LogP contribution in [0.1, 0.15) is 97.3 Å². The quantitative estimate of drug-likeness (QED) is 0.534. The van der Waals surface area contributed by atoms with Crippen molar-refractivity contribution < 1.29 is 0 Å². The highest BCUT2D eigenvalue weighted by Crippen LogP contribution is 2.45. The molecule has 2 fully saturated rings. The molecule has 0 amide bonds. The van der Waals surface area contributed by atoms with E-state index in [4.69, 9.17) is 0 Å². The van der Waals surface area contributed by atoms with Gasteiger partial charge in [0.05, 0.1) is 0 Å². The molecule has 2 rings (SSSR count). The molecule has 0 radical (unpaired) electrons. The highest BCUT2D eigenvalue weighted by Gasteiger charge is 2.33. The van der Waals surface area contributed by atoms with E-state index >= 15 is 0 Å². The maximum absolute atomic E-state index is 2.60. The molecule has 0 aromatic carbocycles. The SMILES string of the molecule is CCC(C)(CCC1CCCCC1)C1CCCCC1. The van der Waals surface area contributed by atoms with Crippen molar-refractivity contribution in [3.8, 4) is 0 Å². The number of hydrogen-bond acceptors (Lipinski definition) is 0. The van der Waals surface area contributed by atoms with E-state index in [1.165, 1.54) is 83.5 Å². The van der Waals surface area contributed by atoms with Gasteiger partial charge >= 0.3 is 0 Å². The van der Waals surface area contributed by atoms with Gasteiger partial charge in [0.15, 0.2) is 0 Å². The summed E-state index contributed by atoms with van der Waals surface area (Å²) in [6, 6.07) is 0. The van der Waals surface area contributed by atoms with Crippen LogP contribution in [-0.4, -0.2) is 0 Å². The second-order valence-corrected chi connectivity index (χ2v) is 7.39. The average molecular weight is 250 g/mol. The standard InChI is InChI=1S/C18H34/c1-3-18(2,17-12-8-5-9-13-17)15-14-16-10-6-4-7-11-16/h16-17H,3-15H2,1-2H3. The van der Waals surface area contributed by atoms with Gasteiger partial charge in [-0.2, -0.15) is 0 Å². The summed E-state index contributed by atoms with van der Waals surface area (Å²) in [5, 5.41) is 0. The third kappa shape index (κ3) is 3.75. The Hall–Kier alpha value is 0. The molecule has 0 aliphatic heterocycles. The Bertz CT molecular complexity index is 220. The van der Waals surface area contributed by atoms with Crippen LogP contribution in [0, 0.1) is 17.3 Å². The molecule has 0 aromatic heterocycles. The first-order chi connectivity index (χ1) is 8.74. The molecule has 1 atom stereocenters. The highest BCUT2D eigenvalue weighted by atomic mass is 14.4. The van der Waals surface area contributed by atoms with E-state index < -0.39 is 0 Å². The average Bonchev–Trinajstić information content (AvgIpc) is 2.47. The summed E-state index contributed by atoms with van der Waals surface area (Å²) >= 11 is 0. The second kappa shape index (κ2) is 6.96. The Morgan fingerprint density at radius 1 is 0.833 bits per heavy atom. The van der Waals surface area contributed by atoms with Crippen molar-refractivity contribution in [3.05, 3.63) is 0 Å². The lowest BCUT2D eigenvalue weighted by atomic mass is 9.65. The van der Waals surface area contributed by atoms with Crippen LogP contribution in [0.25, 0.3) is 0 Å². The van der Waals surface area contributed by atoms with Gasteiger partial charge in [0.1, 0.15) is 0 Å². The molecule has 0 aromatic rings. The fraction of sp³-hybridized carbons (Fsp3) is 1.00. The Kier molecular flexibility index (Phi) is 5.57. The Labute approximate surface area is 115 Å². The van der Waals surface area contributed by atoms with Gasteiger partial charge in [-0.25, -0.2) is 0 Å². The highest BCUT2D eigenvalue weighted by molar-refractivity contribution is 4.84. The molecule has 0 spiro atoms. The topological polar surface area (TPSA) is 0 Å². The molecule has 0 heteroatoms. The van der Waals surface area contributed by atoms with Crippen LogP contribution < -0.4 is 0 Å². The van der Waals surface area contributed by atoms with Crippen molar-refractivity contribution in [1.82, 2.24) is 0 Å². The van der Waals surface area contributed by atoms with E-state index in [0.29, 0.717) is 5.41 Å². The molecule has 2 saturated carbocycles. The molecule has 106 valence electrons. The van der Waals surface area contributed by atoms with Gasteiger partial charge in [0, 0.05) is 0 Å². The van der Waals surface area contributed by atoms with Gasteiger partial charge < -0.3 is 0 Å². The van der Waals surface area contributed by atoms with E-state index in [9.17, 15) is 0 Å². The molecule has 0 saturated heterocycles. The Morgan fingerprint density at radius 3 is 1.94 bits per heavy atom. The maximum Gasteiger partial charge on any atom is -0.0300 e. The summed E-state index contributed by atoms with van der Waals surface area (Å²) in [5.41, 5.74) is 0.665. The molecular weight excluding hydrogens is 216 g/mol. The monoisotopic (exact) mass is 250 g/mol. The van der Waals surface area contributed by atoms with E-state index in [1.807, 2.05) is 0 Å². The predicted molar refractivity (Wildman–Crippen MR) is 80.8 cm³/mol. The molecule has 2 aliphatic rings. The van der Waals surface area contributed by atoms with E-state index in [0.717, 1.165) is 11.8 Å². The van der Waals surface area contributed by atoms with Crippen LogP contribution >= 0.6 is 0 Å². The van der Waals surface area contributed by atoms with Crippen LogP contribution in [0.15, 0.2) is 0 Å². The Balaban J connectivity index is 1.82. The molecule has 0 bridgehead atoms. The summed E-state index contributed by atoms with van der Waals surface area (Å²) < 4.78 is 0. The van der Waals surface area contributed by atoms with Crippen LogP contribution in [-0.2, 0) is 0 Å². The van der Waals surface area contributed by atoms with Gasteiger partial charge in [-0.3, -0.25) is 0 Å². The zero-order chi connectivity index (χ0) is 12.8. The van der Waals surface area contributed by atoms with Crippen LogP contribution in [0.5, 0.6) is 0 Å². The van der Waals surface area contributed by atoms with Gasteiger partial charge in [-0.05, 0) is 42.9 Å². The van der Waals surface area contributed by atoms with Crippen molar-refractivity contribution in [1.29, 1.82) is 0 Å². The number of rotatable bonds is 5. The van der Waals surface area contributed by atoms with Gasteiger partial charge in [-0.1, -0.05) is 71.6 Å². The fourth-order valence-electron chi connectivity index (χ4n) is 4.48. The van der Waals surface area contributed by atoms with Crippen LogP contribution in [0.2, 0.25) is 0 Å². The molecule has 2 aliphatic carbocycles. The summed E-state index contributed by atoms with van der Waals surface area (Å²) in [6.45, 7) is 5.04. The first-order valence-corrected chi connectivity index (χ1v) is 8.74. The molecule has 0 nitrogen and oxygen atoms in total. The Morgan fingerprint density at radius 2 is 1.39 bits per heavy atom. The fourth-order valence-corrected chi connectivity index (χ4v) is 4.48. The van der Waals surface area contributed by atoms with Crippen molar-refractivity contribution in [2.45, 2.75) is 97.3 Å². The van der Waals surface area contributed by atoms with E-state index in [2.05, 4.69) is 13.8 Å². The minimum Gasteiger partial charge on any atom is -0.0649 e. The first kappa shape index (κ1) is 14.4. The second-order valence-electron chi connectivity index (χ2n) is 7.39.